The average molecular weight is 257 g/mol. The lowest BCUT2D eigenvalue weighted by Crippen LogP contribution is -2.35. The molecule has 1 aliphatic rings. The molecule has 2 aromatic rings. The van der Waals surface area contributed by atoms with Crippen LogP contribution in [0.3, 0.4) is 0 Å². The number of amides is 1. The summed E-state index contributed by atoms with van der Waals surface area (Å²) in [5, 5.41) is 16.6. The van der Waals surface area contributed by atoms with Crippen molar-refractivity contribution in [3.8, 4) is 5.75 Å². The Balaban J connectivity index is 1.95. The van der Waals surface area contributed by atoms with Gasteiger partial charge in [0.25, 0.3) is 5.91 Å². The molecule has 0 radical (unpaired) electrons. The largest absolute Gasteiger partial charge is 0.508 e. The molecule has 3 rings (SSSR count). The van der Waals surface area contributed by atoms with Crippen LogP contribution in [0.4, 0.5) is 5.69 Å². The van der Waals surface area contributed by atoms with Crippen molar-refractivity contribution in [2.24, 2.45) is 0 Å². The van der Waals surface area contributed by atoms with Crippen LogP contribution in [0.2, 0.25) is 0 Å². The summed E-state index contributed by atoms with van der Waals surface area (Å²) in [7, 11) is 0. The van der Waals surface area contributed by atoms with Crippen molar-refractivity contribution in [1.29, 1.82) is 0 Å². The zero-order valence-electron chi connectivity index (χ0n) is 10.7. The number of carbonyl (C=O) groups is 1. The van der Waals surface area contributed by atoms with E-state index in [0.29, 0.717) is 12.1 Å². The molecular weight excluding hydrogens is 242 g/mol. The summed E-state index contributed by atoms with van der Waals surface area (Å²) in [4.78, 5) is 14.2. The molecule has 1 amide bonds. The van der Waals surface area contributed by atoms with E-state index in [2.05, 4.69) is 10.2 Å². The zero-order chi connectivity index (χ0) is 13.4. The highest BCUT2D eigenvalue weighted by Gasteiger charge is 2.25. The van der Waals surface area contributed by atoms with Crippen LogP contribution in [-0.4, -0.2) is 27.8 Å². The predicted octanol–water partition coefficient (Wildman–Crippen LogP) is 2.02. The molecular formula is C14H15N3O2. The van der Waals surface area contributed by atoms with Crippen molar-refractivity contribution >= 4 is 11.6 Å². The minimum Gasteiger partial charge on any atom is -0.508 e. The monoisotopic (exact) mass is 257 g/mol. The van der Waals surface area contributed by atoms with Gasteiger partial charge in [0.1, 0.15) is 5.75 Å². The number of hydrogen-bond donors (Lipinski definition) is 2. The van der Waals surface area contributed by atoms with Crippen LogP contribution in [0.5, 0.6) is 5.75 Å². The molecule has 5 nitrogen and oxygen atoms in total. The van der Waals surface area contributed by atoms with Crippen LogP contribution >= 0.6 is 0 Å². The Labute approximate surface area is 110 Å². The number of nitrogens with one attached hydrogen (secondary N) is 1. The molecule has 1 aromatic carbocycles. The average Bonchev–Trinajstić information content (AvgIpc) is 2.89. The Morgan fingerprint density at radius 3 is 3.11 bits per heavy atom. The Kier molecular flexibility index (Phi) is 2.74. The van der Waals surface area contributed by atoms with Gasteiger partial charge in [0.05, 0.1) is 17.6 Å². The van der Waals surface area contributed by atoms with Gasteiger partial charge in [-0.25, -0.2) is 0 Å². The first-order valence-electron chi connectivity index (χ1n) is 6.30. The molecule has 0 atom stereocenters. The molecule has 5 heteroatoms. The van der Waals surface area contributed by atoms with E-state index in [9.17, 15) is 9.90 Å². The van der Waals surface area contributed by atoms with E-state index in [1.54, 1.807) is 30.2 Å². The highest BCUT2D eigenvalue weighted by atomic mass is 16.3. The van der Waals surface area contributed by atoms with E-state index in [4.69, 9.17) is 0 Å². The Morgan fingerprint density at radius 1 is 1.47 bits per heavy atom. The molecule has 0 spiro atoms. The van der Waals surface area contributed by atoms with Crippen molar-refractivity contribution in [2.75, 3.05) is 11.4 Å². The van der Waals surface area contributed by atoms with Crippen molar-refractivity contribution < 1.29 is 9.90 Å². The van der Waals surface area contributed by atoms with Gasteiger partial charge in [0.15, 0.2) is 0 Å². The van der Waals surface area contributed by atoms with Crippen LogP contribution in [0.1, 0.15) is 28.0 Å². The molecule has 19 heavy (non-hydrogen) atoms. The van der Waals surface area contributed by atoms with E-state index >= 15 is 0 Å². The maximum atomic E-state index is 12.5. The molecule has 0 fully saturated rings. The maximum Gasteiger partial charge on any atom is 0.258 e. The van der Waals surface area contributed by atoms with E-state index in [0.717, 1.165) is 29.8 Å². The van der Waals surface area contributed by atoms with E-state index in [1.165, 1.54) is 6.07 Å². The van der Waals surface area contributed by atoms with Crippen LogP contribution in [0.15, 0.2) is 24.4 Å². The van der Waals surface area contributed by atoms with Crippen LogP contribution in [0, 0.1) is 6.92 Å². The van der Waals surface area contributed by atoms with Gasteiger partial charge >= 0.3 is 0 Å². The number of aromatic nitrogens is 2. The number of aromatic amines is 1. The minimum atomic E-state index is -0.0994. The summed E-state index contributed by atoms with van der Waals surface area (Å²) in [6, 6.07) is 5.01. The summed E-state index contributed by atoms with van der Waals surface area (Å²) in [5.74, 6) is 0.0490. The number of phenols is 1. The number of benzene rings is 1. The van der Waals surface area contributed by atoms with Gasteiger partial charge < -0.3 is 10.0 Å². The third-order valence-corrected chi connectivity index (χ3v) is 3.50. The van der Waals surface area contributed by atoms with Gasteiger partial charge in [-0.15, -0.1) is 0 Å². The van der Waals surface area contributed by atoms with Gasteiger partial charge in [-0.3, -0.25) is 9.89 Å². The molecule has 0 saturated heterocycles. The lowest BCUT2D eigenvalue weighted by atomic mass is 10.1. The topological polar surface area (TPSA) is 69.2 Å². The smallest absolute Gasteiger partial charge is 0.258 e. The fraction of sp³-hybridized carbons (Fsp3) is 0.286. The fourth-order valence-electron chi connectivity index (χ4n) is 2.37. The SMILES string of the molecule is Cc1ccc(C(=O)N2CCCc3[nH]ncc32)cc1O. The first-order chi connectivity index (χ1) is 9.16. The van der Waals surface area contributed by atoms with E-state index in [-0.39, 0.29) is 11.7 Å². The first kappa shape index (κ1) is 11.8. The number of fused-ring (bicyclic) bond motifs is 1. The Bertz CT molecular complexity index is 633. The fourth-order valence-corrected chi connectivity index (χ4v) is 2.37. The number of aromatic hydroxyl groups is 1. The number of aryl methyl sites for hydroxylation is 2. The predicted molar refractivity (Wildman–Crippen MR) is 71.4 cm³/mol. The van der Waals surface area contributed by atoms with Crippen LogP contribution in [-0.2, 0) is 6.42 Å². The minimum absolute atomic E-state index is 0.0994. The molecule has 1 aromatic heterocycles. The van der Waals surface area contributed by atoms with Crippen LogP contribution < -0.4 is 4.90 Å². The molecule has 1 aliphatic heterocycles. The number of phenolic OH excluding ortho intramolecular Hbond substituents is 1. The molecule has 2 heterocycles. The van der Waals surface area contributed by atoms with E-state index in [1.807, 2.05) is 0 Å². The Hall–Kier alpha value is -2.30. The normalized spacial score (nSPS) is 14.3. The van der Waals surface area contributed by atoms with Crippen molar-refractivity contribution in [3.63, 3.8) is 0 Å². The second-order valence-electron chi connectivity index (χ2n) is 4.80. The van der Waals surface area contributed by atoms with Gasteiger partial charge in [-0.2, -0.15) is 5.10 Å². The summed E-state index contributed by atoms with van der Waals surface area (Å²) in [5.41, 5.74) is 3.10. The second kappa shape index (κ2) is 4.42. The molecule has 0 bridgehead atoms. The number of anilines is 1. The van der Waals surface area contributed by atoms with Crippen molar-refractivity contribution in [1.82, 2.24) is 10.2 Å². The molecule has 2 N–H and O–H groups in total. The van der Waals surface area contributed by atoms with Gasteiger partial charge in [-0.1, -0.05) is 6.07 Å². The quantitative estimate of drug-likeness (QED) is 0.821. The Morgan fingerprint density at radius 2 is 2.32 bits per heavy atom. The molecule has 0 saturated carbocycles. The molecule has 98 valence electrons. The summed E-state index contributed by atoms with van der Waals surface area (Å²) in [6.45, 7) is 2.48. The third-order valence-electron chi connectivity index (χ3n) is 3.50. The van der Waals surface area contributed by atoms with Crippen molar-refractivity contribution in [3.05, 3.63) is 41.2 Å². The summed E-state index contributed by atoms with van der Waals surface area (Å²) in [6.07, 6.45) is 3.51. The number of nitrogens with zero attached hydrogens (tertiary/aromatic N) is 2. The van der Waals surface area contributed by atoms with Crippen molar-refractivity contribution in [2.45, 2.75) is 19.8 Å². The highest BCUT2D eigenvalue weighted by molar-refractivity contribution is 6.06. The summed E-state index contributed by atoms with van der Waals surface area (Å²) < 4.78 is 0. The number of hydrogen-bond acceptors (Lipinski definition) is 3. The van der Waals surface area contributed by atoms with Gasteiger partial charge in [0, 0.05) is 12.1 Å². The lowest BCUT2D eigenvalue weighted by Gasteiger charge is -2.26. The first-order valence-corrected chi connectivity index (χ1v) is 6.30. The standard InChI is InChI=1S/C14H15N3O2/c1-9-4-5-10(7-13(9)18)14(19)17-6-2-3-11-12(17)8-15-16-11/h4-5,7-8,18H,2-3,6H2,1H3,(H,15,16). The third kappa shape index (κ3) is 1.97. The molecule has 0 aliphatic carbocycles. The van der Waals surface area contributed by atoms with Gasteiger partial charge in [0.2, 0.25) is 0 Å². The number of H-pyrrole nitrogens is 1. The number of carbonyl (C=O) groups excluding carboxylic acids is 1. The molecule has 0 unspecified atom stereocenters. The summed E-state index contributed by atoms with van der Waals surface area (Å²) >= 11 is 0. The highest BCUT2D eigenvalue weighted by Crippen LogP contribution is 2.27. The van der Waals surface area contributed by atoms with Crippen LogP contribution in [0.25, 0.3) is 0 Å². The zero-order valence-corrected chi connectivity index (χ0v) is 10.7. The second-order valence-corrected chi connectivity index (χ2v) is 4.80. The van der Waals surface area contributed by atoms with E-state index < -0.39 is 0 Å². The van der Waals surface area contributed by atoms with Gasteiger partial charge in [-0.05, 0) is 37.5 Å². The number of rotatable bonds is 1. The maximum absolute atomic E-state index is 12.5. The lowest BCUT2D eigenvalue weighted by molar-refractivity contribution is 0.0984.